The predicted octanol–water partition coefficient (Wildman–Crippen LogP) is 7.67. The van der Waals surface area contributed by atoms with E-state index < -0.39 is 0 Å². The molecule has 0 amide bonds. The molecule has 0 aromatic heterocycles. The van der Waals surface area contributed by atoms with Crippen molar-refractivity contribution in [3.05, 3.63) is 29.8 Å². The number of rotatable bonds is 7. The van der Waals surface area contributed by atoms with Gasteiger partial charge < -0.3 is 9.47 Å². The Morgan fingerprint density at radius 2 is 1.50 bits per heavy atom. The van der Waals surface area contributed by atoms with Gasteiger partial charge in [0.1, 0.15) is 5.75 Å². The van der Waals surface area contributed by atoms with E-state index in [2.05, 4.69) is 72.7 Å². The van der Waals surface area contributed by atoms with Crippen molar-refractivity contribution < 1.29 is 9.47 Å². The van der Waals surface area contributed by atoms with Crippen LogP contribution >= 0.6 is 0 Å². The molecule has 0 heterocycles. The summed E-state index contributed by atoms with van der Waals surface area (Å²) >= 11 is 0. The molecule has 7 unspecified atom stereocenters. The van der Waals surface area contributed by atoms with Crippen molar-refractivity contribution >= 4 is 0 Å². The molecule has 0 aliphatic heterocycles. The summed E-state index contributed by atoms with van der Waals surface area (Å²) in [6.45, 7) is 16.1. The van der Waals surface area contributed by atoms with Crippen LogP contribution in [0.25, 0.3) is 0 Å². The van der Waals surface area contributed by atoms with Gasteiger partial charge in [0.2, 0.25) is 6.29 Å². The molecule has 0 saturated heterocycles. The van der Waals surface area contributed by atoms with Crippen LogP contribution in [0.2, 0.25) is 0 Å². The molecule has 30 heavy (non-hydrogen) atoms. The first-order valence-electron chi connectivity index (χ1n) is 12.6. The summed E-state index contributed by atoms with van der Waals surface area (Å²) in [5.74, 6) is 6.09. The van der Waals surface area contributed by atoms with Gasteiger partial charge in [0, 0.05) is 5.92 Å². The molecule has 1 aromatic carbocycles. The van der Waals surface area contributed by atoms with Gasteiger partial charge in [-0.05, 0) is 84.3 Å². The topological polar surface area (TPSA) is 18.5 Å². The smallest absolute Gasteiger partial charge is 0.202 e. The first kappa shape index (κ1) is 22.2. The van der Waals surface area contributed by atoms with Crippen molar-refractivity contribution in [3.63, 3.8) is 0 Å². The lowest BCUT2D eigenvalue weighted by Gasteiger charge is -2.35. The second kappa shape index (κ2) is 8.49. The maximum Gasteiger partial charge on any atom is 0.202 e. The highest BCUT2D eigenvalue weighted by atomic mass is 16.7. The average molecular weight is 413 g/mol. The Bertz CT molecular complexity index is 698. The van der Waals surface area contributed by atoms with E-state index >= 15 is 0 Å². The second-order valence-corrected chi connectivity index (χ2v) is 12.2. The standard InChI is InChI=1S/C28H44O2/c1-17(2)26(28(5,6)7)19-11-13-21(14-12-19)29-27(18(3)4)30-25-16-20-15-24(25)23-10-8-9-22(20)23/h11-14,17-18,20,22-27H,8-10,15-16H2,1-7H3. The normalized spacial score (nSPS) is 32.6. The molecule has 2 nitrogen and oxygen atoms in total. The summed E-state index contributed by atoms with van der Waals surface area (Å²) in [6.07, 6.45) is 7.28. The van der Waals surface area contributed by atoms with Gasteiger partial charge in [0.15, 0.2) is 0 Å². The zero-order valence-electron chi connectivity index (χ0n) is 20.4. The molecule has 0 radical (unpaired) electrons. The van der Waals surface area contributed by atoms with Crippen molar-refractivity contribution in [2.24, 2.45) is 40.9 Å². The van der Waals surface area contributed by atoms with Crippen LogP contribution in [0.1, 0.15) is 92.1 Å². The molecule has 3 fully saturated rings. The van der Waals surface area contributed by atoms with Gasteiger partial charge in [0.25, 0.3) is 0 Å². The number of hydrogen-bond acceptors (Lipinski definition) is 2. The number of benzene rings is 1. The predicted molar refractivity (Wildman–Crippen MR) is 125 cm³/mol. The van der Waals surface area contributed by atoms with Crippen LogP contribution in [0.4, 0.5) is 0 Å². The zero-order valence-corrected chi connectivity index (χ0v) is 20.4. The fourth-order valence-electron chi connectivity index (χ4n) is 7.43. The van der Waals surface area contributed by atoms with E-state index in [1.165, 1.54) is 37.7 Å². The van der Waals surface area contributed by atoms with Gasteiger partial charge in [-0.1, -0.05) is 67.0 Å². The summed E-state index contributed by atoms with van der Waals surface area (Å²) in [6, 6.07) is 8.85. The highest BCUT2D eigenvalue weighted by molar-refractivity contribution is 5.31. The third kappa shape index (κ3) is 4.31. The van der Waals surface area contributed by atoms with Crippen molar-refractivity contribution in [1.29, 1.82) is 0 Å². The molecule has 2 heteroatoms. The third-order valence-electron chi connectivity index (χ3n) is 8.31. The summed E-state index contributed by atoms with van der Waals surface area (Å²) in [5, 5.41) is 0. The maximum absolute atomic E-state index is 6.67. The Balaban J connectivity index is 1.41. The monoisotopic (exact) mass is 412 g/mol. The van der Waals surface area contributed by atoms with Crippen LogP contribution in [0.5, 0.6) is 5.75 Å². The lowest BCUT2D eigenvalue weighted by Crippen LogP contribution is -2.37. The van der Waals surface area contributed by atoms with E-state index in [1.54, 1.807) is 0 Å². The quantitative estimate of drug-likeness (QED) is 0.428. The van der Waals surface area contributed by atoms with Crippen LogP contribution < -0.4 is 4.74 Å². The van der Waals surface area contributed by atoms with Gasteiger partial charge in [-0.3, -0.25) is 0 Å². The first-order valence-corrected chi connectivity index (χ1v) is 12.6. The minimum atomic E-state index is -0.149. The van der Waals surface area contributed by atoms with Gasteiger partial charge in [-0.15, -0.1) is 0 Å². The maximum atomic E-state index is 6.67. The second-order valence-electron chi connectivity index (χ2n) is 12.2. The van der Waals surface area contributed by atoms with E-state index in [0.29, 0.717) is 23.9 Å². The Labute approximate surface area is 185 Å². The highest BCUT2D eigenvalue weighted by Crippen LogP contribution is 2.59. The van der Waals surface area contributed by atoms with Crippen LogP contribution in [0.3, 0.4) is 0 Å². The number of ether oxygens (including phenoxy) is 2. The molecular formula is C28H44O2. The molecule has 168 valence electrons. The van der Waals surface area contributed by atoms with E-state index in [-0.39, 0.29) is 11.7 Å². The van der Waals surface area contributed by atoms with Crippen LogP contribution in [-0.2, 0) is 4.74 Å². The number of fused-ring (bicyclic) bond motifs is 5. The van der Waals surface area contributed by atoms with Crippen molar-refractivity contribution in [3.8, 4) is 5.75 Å². The molecule has 3 aliphatic rings. The fourth-order valence-corrected chi connectivity index (χ4v) is 7.43. The molecular weight excluding hydrogens is 368 g/mol. The van der Waals surface area contributed by atoms with Crippen LogP contribution in [0.15, 0.2) is 24.3 Å². The average Bonchev–Trinajstić information content (AvgIpc) is 3.34. The van der Waals surface area contributed by atoms with E-state index in [9.17, 15) is 0 Å². The van der Waals surface area contributed by atoms with Crippen LogP contribution in [-0.4, -0.2) is 12.4 Å². The lowest BCUT2D eigenvalue weighted by atomic mass is 9.70. The molecule has 7 atom stereocenters. The van der Waals surface area contributed by atoms with Gasteiger partial charge in [-0.25, -0.2) is 0 Å². The van der Waals surface area contributed by atoms with Crippen molar-refractivity contribution in [2.45, 2.75) is 98.9 Å². The molecule has 0 spiro atoms. The zero-order chi connectivity index (χ0) is 21.6. The Morgan fingerprint density at radius 3 is 2.10 bits per heavy atom. The van der Waals surface area contributed by atoms with E-state index in [0.717, 1.165) is 29.4 Å². The first-order chi connectivity index (χ1) is 14.1. The van der Waals surface area contributed by atoms with Crippen molar-refractivity contribution in [2.75, 3.05) is 0 Å². The fraction of sp³-hybridized carbons (Fsp3) is 0.786. The van der Waals surface area contributed by atoms with Gasteiger partial charge >= 0.3 is 0 Å². The summed E-state index contributed by atoms with van der Waals surface area (Å²) < 4.78 is 13.1. The van der Waals surface area contributed by atoms with Crippen molar-refractivity contribution in [1.82, 2.24) is 0 Å². The molecule has 3 saturated carbocycles. The van der Waals surface area contributed by atoms with E-state index in [1.807, 2.05) is 0 Å². The molecule has 2 bridgehead atoms. The summed E-state index contributed by atoms with van der Waals surface area (Å²) in [4.78, 5) is 0. The molecule has 4 rings (SSSR count). The summed E-state index contributed by atoms with van der Waals surface area (Å²) in [5.41, 5.74) is 1.66. The Morgan fingerprint density at radius 1 is 0.833 bits per heavy atom. The van der Waals surface area contributed by atoms with Crippen LogP contribution in [0, 0.1) is 40.9 Å². The molecule has 3 aliphatic carbocycles. The molecule has 1 aromatic rings. The summed E-state index contributed by atoms with van der Waals surface area (Å²) in [7, 11) is 0. The molecule has 0 N–H and O–H groups in total. The largest absolute Gasteiger partial charge is 0.465 e. The highest BCUT2D eigenvalue weighted by Gasteiger charge is 2.54. The van der Waals surface area contributed by atoms with Gasteiger partial charge in [0.05, 0.1) is 6.10 Å². The Kier molecular flexibility index (Phi) is 6.28. The third-order valence-corrected chi connectivity index (χ3v) is 8.31. The Hall–Kier alpha value is -1.02. The minimum Gasteiger partial charge on any atom is -0.465 e. The van der Waals surface area contributed by atoms with Gasteiger partial charge in [-0.2, -0.15) is 0 Å². The number of hydrogen-bond donors (Lipinski definition) is 0. The SMILES string of the molecule is CC(C)C(Oc1ccc(C(C(C)C)C(C)(C)C)cc1)OC1CC2CC1C1CCCC21. The minimum absolute atomic E-state index is 0.149. The van der Waals surface area contributed by atoms with E-state index in [4.69, 9.17) is 9.47 Å². The lowest BCUT2D eigenvalue weighted by molar-refractivity contribution is -0.162.